The van der Waals surface area contributed by atoms with Crippen LogP contribution >= 0.6 is 11.3 Å². The van der Waals surface area contributed by atoms with Gasteiger partial charge in [-0.15, -0.1) is 0 Å². The molecule has 222 valence electrons. The average Bonchev–Trinajstić information content (AvgIpc) is 3.28. The summed E-state index contributed by atoms with van der Waals surface area (Å²) in [6, 6.07) is 19.7. The minimum Gasteiger partial charge on any atom is -0.490 e. The number of carbonyl (C=O) groups is 1. The summed E-state index contributed by atoms with van der Waals surface area (Å²) < 4.78 is 44.2. The van der Waals surface area contributed by atoms with Crippen molar-refractivity contribution < 1.29 is 26.9 Å². The van der Waals surface area contributed by atoms with Crippen LogP contribution in [0.3, 0.4) is 0 Å². The van der Waals surface area contributed by atoms with Crippen molar-refractivity contribution in [1.29, 1.82) is 0 Å². The van der Waals surface area contributed by atoms with Gasteiger partial charge in [-0.3, -0.25) is 9.36 Å². The highest BCUT2D eigenvalue weighted by molar-refractivity contribution is 7.87. The van der Waals surface area contributed by atoms with E-state index in [0.29, 0.717) is 26.2 Å². The lowest BCUT2D eigenvalue weighted by molar-refractivity contribution is -0.139. The molecule has 11 heteroatoms. The van der Waals surface area contributed by atoms with E-state index >= 15 is 0 Å². The van der Waals surface area contributed by atoms with Crippen LogP contribution in [0.25, 0.3) is 6.08 Å². The second kappa shape index (κ2) is 12.4. The maximum atomic E-state index is 13.9. The molecule has 3 aromatic carbocycles. The number of nitrogens with zero attached hydrogens (tertiary/aromatic N) is 2. The lowest BCUT2D eigenvalue weighted by Crippen LogP contribution is -2.39. The Morgan fingerprint density at radius 1 is 0.977 bits per heavy atom. The molecule has 0 N–H and O–H groups in total. The number of allylic oxidation sites excluding steroid dienone is 1. The Morgan fingerprint density at radius 3 is 2.37 bits per heavy atom. The quantitative estimate of drug-likeness (QED) is 0.203. The standard InChI is InChI=1S/C32H30N2O7S2/c1-5-39-26-18-22(14-17-25(26)41-43(37,38)24-15-12-20(3)13-16-24)19-27-30(35)34-29(23-10-8-7-9-11-23)28(31(36)40-6-2)21(4)33-32(34)42-27/h7-19,29H,5-6H2,1-4H3/b27-19+/t29-/m1/s1. The van der Waals surface area contributed by atoms with E-state index in [1.165, 1.54) is 34.1 Å². The summed E-state index contributed by atoms with van der Waals surface area (Å²) in [5, 5.41) is 0. The van der Waals surface area contributed by atoms with Gasteiger partial charge in [0.05, 0.1) is 35.1 Å². The summed E-state index contributed by atoms with van der Waals surface area (Å²) in [5.74, 6) is -0.286. The molecule has 1 aliphatic heterocycles. The normalized spacial score (nSPS) is 15.1. The zero-order chi connectivity index (χ0) is 30.7. The predicted molar refractivity (Wildman–Crippen MR) is 163 cm³/mol. The minimum absolute atomic E-state index is 0.0242. The smallest absolute Gasteiger partial charge is 0.339 e. The van der Waals surface area contributed by atoms with E-state index in [4.69, 9.17) is 13.7 Å². The number of rotatable bonds is 9. The molecular formula is C32H30N2O7S2. The van der Waals surface area contributed by atoms with Crippen LogP contribution in [0.15, 0.2) is 98.7 Å². The molecule has 0 unspecified atom stereocenters. The molecule has 4 aromatic rings. The zero-order valence-electron chi connectivity index (χ0n) is 24.1. The van der Waals surface area contributed by atoms with Gasteiger partial charge < -0.3 is 13.7 Å². The number of aromatic nitrogens is 1. The number of aryl methyl sites for hydroxylation is 1. The number of hydrogen-bond donors (Lipinski definition) is 0. The van der Waals surface area contributed by atoms with Crippen molar-refractivity contribution in [3.8, 4) is 11.5 Å². The molecule has 0 saturated carbocycles. The summed E-state index contributed by atoms with van der Waals surface area (Å²) in [4.78, 5) is 31.9. The molecule has 1 aliphatic rings. The Hall–Kier alpha value is -4.48. The summed E-state index contributed by atoms with van der Waals surface area (Å²) in [6.07, 6.45) is 1.68. The number of ether oxygens (including phenoxy) is 2. The lowest BCUT2D eigenvalue weighted by atomic mass is 9.96. The maximum Gasteiger partial charge on any atom is 0.339 e. The van der Waals surface area contributed by atoms with Crippen LogP contribution in [0.5, 0.6) is 11.5 Å². The van der Waals surface area contributed by atoms with Crippen LogP contribution in [-0.2, 0) is 19.6 Å². The van der Waals surface area contributed by atoms with Gasteiger partial charge in [0.25, 0.3) is 5.56 Å². The Morgan fingerprint density at radius 2 is 1.70 bits per heavy atom. The Labute approximate surface area is 253 Å². The van der Waals surface area contributed by atoms with E-state index in [0.717, 1.165) is 11.1 Å². The monoisotopic (exact) mass is 618 g/mol. The first-order valence-electron chi connectivity index (χ1n) is 13.7. The summed E-state index contributed by atoms with van der Waals surface area (Å²) in [5.41, 5.74) is 2.73. The van der Waals surface area contributed by atoms with E-state index in [2.05, 4.69) is 4.99 Å². The van der Waals surface area contributed by atoms with Crippen LogP contribution in [0.4, 0.5) is 0 Å². The van der Waals surface area contributed by atoms with Gasteiger partial charge >= 0.3 is 16.1 Å². The first-order valence-corrected chi connectivity index (χ1v) is 15.9. The fourth-order valence-corrected chi connectivity index (χ4v) is 6.70. The van der Waals surface area contributed by atoms with Gasteiger partial charge in [-0.2, -0.15) is 8.42 Å². The highest BCUT2D eigenvalue weighted by Crippen LogP contribution is 2.32. The summed E-state index contributed by atoms with van der Waals surface area (Å²) in [7, 11) is -4.10. The minimum atomic E-state index is -4.10. The third-order valence-electron chi connectivity index (χ3n) is 6.71. The average molecular weight is 619 g/mol. The second-order valence-electron chi connectivity index (χ2n) is 9.70. The van der Waals surface area contributed by atoms with Crippen molar-refractivity contribution in [1.82, 2.24) is 4.57 Å². The number of thiazole rings is 1. The summed E-state index contributed by atoms with van der Waals surface area (Å²) >= 11 is 1.19. The van der Waals surface area contributed by atoms with Crippen molar-refractivity contribution >= 4 is 33.5 Å². The van der Waals surface area contributed by atoms with Crippen LogP contribution in [0.1, 0.15) is 43.5 Å². The third-order valence-corrected chi connectivity index (χ3v) is 8.94. The van der Waals surface area contributed by atoms with Gasteiger partial charge in [0, 0.05) is 0 Å². The largest absolute Gasteiger partial charge is 0.490 e. The van der Waals surface area contributed by atoms with E-state index in [9.17, 15) is 18.0 Å². The van der Waals surface area contributed by atoms with Crippen molar-refractivity contribution in [2.24, 2.45) is 4.99 Å². The van der Waals surface area contributed by atoms with Crippen molar-refractivity contribution in [3.05, 3.63) is 120 Å². The number of hydrogen-bond acceptors (Lipinski definition) is 9. The lowest BCUT2D eigenvalue weighted by Gasteiger charge is -2.24. The molecule has 2 heterocycles. The molecule has 0 aliphatic carbocycles. The van der Waals surface area contributed by atoms with Gasteiger partial charge in [-0.25, -0.2) is 9.79 Å². The molecule has 0 radical (unpaired) electrons. The number of carbonyl (C=O) groups excluding carboxylic acids is 1. The van der Waals surface area contributed by atoms with Crippen LogP contribution in [0.2, 0.25) is 0 Å². The highest BCUT2D eigenvalue weighted by Gasteiger charge is 2.33. The van der Waals surface area contributed by atoms with E-state index < -0.39 is 22.1 Å². The Balaban J connectivity index is 1.57. The predicted octanol–water partition coefficient (Wildman–Crippen LogP) is 4.27. The highest BCUT2D eigenvalue weighted by atomic mass is 32.2. The molecule has 9 nitrogen and oxygen atoms in total. The number of benzene rings is 3. The van der Waals surface area contributed by atoms with Gasteiger partial charge in [0.15, 0.2) is 16.3 Å². The van der Waals surface area contributed by atoms with Crippen molar-refractivity contribution in [3.63, 3.8) is 0 Å². The molecule has 0 amide bonds. The van der Waals surface area contributed by atoms with Gasteiger partial charge in [0.1, 0.15) is 4.90 Å². The third kappa shape index (κ3) is 6.18. The van der Waals surface area contributed by atoms with Gasteiger partial charge in [-0.05, 0) is 69.2 Å². The van der Waals surface area contributed by atoms with E-state index in [1.54, 1.807) is 51.1 Å². The van der Waals surface area contributed by atoms with Gasteiger partial charge in [0.2, 0.25) is 0 Å². The van der Waals surface area contributed by atoms with Gasteiger partial charge in [-0.1, -0.05) is 65.4 Å². The topological polar surface area (TPSA) is 113 Å². The fourth-order valence-electron chi connectivity index (χ4n) is 4.72. The number of fused-ring (bicyclic) bond motifs is 1. The Bertz CT molecular complexity index is 1990. The molecule has 1 aromatic heterocycles. The second-order valence-corrected chi connectivity index (χ2v) is 12.3. The first kappa shape index (κ1) is 30.0. The Kier molecular flexibility index (Phi) is 8.65. The zero-order valence-corrected chi connectivity index (χ0v) is 25.7. The SMILES string of the molecule is CCOC(=O)C1=C(C)N=c2s/c(=C/c3ccc(OS(=O)(=O)c4ccc(C)cc4)c(OCC)c3)c(=O)n2[C@@H]1c1ccccc1. The maximum absolute atomic E-state index is 13.9. The molecule has 0 saturated heterocycles. The molecule has 0 fully saturated rings. The molecule has 0 bridgehead atoms. The fraction of sp³-hybridized carbons (Fsp3) is 0.219. The molecule has 43 heavy (non-hydrogen) atoms. The molecular weight excluding hydrogens is 588 g/mol. The molecule has 1 atom stereocenters. The summed E-state index contributed by atoms with van der Waals surface area (Å²) in [6.45, 7) is 7.55. The molecule has 0 spiro atoms. The van der Waals surface area contributed by atoms with E-state index in [-0.39, 0.29) is 35.2 Å². The van der Waals surface area contributed by atoms with Crippen molar-refractivity contribution in [2.75, 3.05) is 13.2 Å². The molecule has 5 rings (SSSR count). The number of esters is 1. The van der Waals surface area contributed by atoms with Crippen LogP contribution in [-0.4, -0.2) is 32.2 Å². The first-order chi connectivity index (χ1) is 20.6. The van der Waals surface area contributed by atoms with Crippen molar-refractivity contribution in [2.45, 2.75) is 38.6 Å². The van der Waals surface area contributed by atoms with E-state index in [1.807, 2.05) is 37.3 Å². The van der Waals surface area contributed by atoms with Crippen LogP contribution < -0.4 is 23.8 Å². The van der Waals surface area contributed by atoms with Crippen LogP contribution in [0, 0.1) is 6.92 Å².